The van der Waals surface area contributed by atoms with Crippen molar-refractivity contribution in [3.05, 3.63) is 35.4 Å². The van der Waals surface area contributed by atoms with Gasteiger partial charge in [0, 0.05) is 0 Å². The summed E-state index contributed by atoms with van der Waals surface area (Å²) in [6.45, 7) is 2.46. The van der Waals surface area contributed by atoms with Gasteiger partial charge >= 0.3 is 0 Å². The Kier molecular flexibility index (Phi) is 0.660. The van der Waals surface area contributed by atoms with Crippen molar-refractivity contribution in [1.82, 2.24) is 0 Å². The van der Waals surface area contributed by atoms with Gasteiger partial charge < -0.3 is 0 Å². The van der Waals surface area contributed by atoms with Crippen LogP contribution in [0.4, 0.5) is 0 Å². The first-order valence-electron chi connectivity index (χ1n) is 4.92. The van der Waals surface area contributed by atoms with E-state index in [0.29, 0.717) is 5.41 Å². The van der Waals surface area contributed by atoms with Crippen molar-refractivity contribution >= 4 is 0 Å². The molecule has 0 saturated heterocycles. The first kappa shape index (κ1) is 5.80. The maximum absolute atomic E-state index is 2.46. The maximum atomic E-state index is 2.46. The van der Waals surface area contributed by atoms with Crippen molar-refractivity contribution in [2.24, 2.45) is 11.8 Å². The van der Waals surface area contributed by atoms with E-state index in [4.69, 9.17) is 0 Å². The lowest BCUT2D eigenvalue weighted by molar-refractivity contribution is 0.247. The van der Waals surface area contributed by atoms with E-state index in [0.717, 1.165) is 17.8 Å². The summed E-state index contributed by atoms with van der Waals surface area (Å²) >= 11 is 0. The molecule has 0 heterocycles. The van der Waals surface area contributed by atoms with E-state index < -0.39 is 0 Å². The Morgan fingerprint density at radius 2 is 2.17 bits per heavy atom. The van der Waals surface area contributed by atoms with Gasteiger partial charge in [0.15, 0.2) is 0 Å². The first-order chi connectivity index (χ1) is 5.82. The topological polar surface area (TPSA) is 0 Å². The molecule has 0 N–H and O–H groups in total. The number of benzene rings is 1. The molecule has 12 heavy (non-hydrogen) atoms. The minimum atomic E-state index is 0.603. The van der Waals surface area contributed by atoms with Crippen LogP contribution < -0.4 is 0 Å². The van der Waals surface area contributed by atoms with E-state index in [-0.39, 0.29) is 0 Å². The summed E-state index contributed by atoms with van der Waals surface area (Å²) in [4.78, 5) is 0. The van der Waals surface area contributed by atoms with Crippen LogP contribution in [0.15, 0.2) is 24.3 Å². The summed E-state index contributed by atoms with van der Waals surface area (Å²) in [5.74, 6) is 3.12. The van der Waals surface area contributed by atoms with Gasteiger partial charge in [0.2, 0.25) is 0 Å². The summed E-state index contributed by atoms with van der Waals surface area (Å²) in [6.07, 6.45) is 1.47. The van der Waals surface area contributed by atoms with E-state index in [1.807, 2.05) is 0 Å². The van der Waals surface area contributed by atoms with Gasteiger partial charge in [-0.25, -0.2) is 0 Å². The lowest BCUT2D eigenvalue weighted by Crippen LogP contribution is -2.34. The summed E-state index contributed by atoms with van der Waals surface area (Å²) in [7, 11) is 0. The lowest BCUT2D eigenvalue weighted by Gasteiger charge is -2.38. The van der Waals surface area contributed by atoms with Crippen LogP contribution in [0.3, 0.4) is 0 Å². The van der Waals surface area contributed by atoms with E-state index in [2.05, 4.69) is 31.2 Å². The smallest absolute Gasteiger partial charge is 0.00324 e. The van der Waals surface area contributed by atoms with Crippen molar-refractivity contribution < 1.29 is 0 Å². The average molecular weight is 156 g/mol. The Morgan fingerprint density at radius 1 is 1.33 bits per heavy atom. The Morgan fingerprint density at radius 3 is 3.00 bits per heavy atom. The molecular formula is C12H12. The van der Waals surface area contributed by atoms with E-state index in [1.165, 1.54) is 6.42 Å². The normalized spacial score (nSPS) is 50.9. The maximum Gasteiger partial charge on any atom is -0.00324 e. The molecule has 4 rings (SSSR count). The number of fused-ring (bicyclic) bond motifs is 4. The second-order valence-electron chi connectivity index (χ2n) is 4.92. The highest BCUT2D eigenvalue weighted by Crippen LogP contribution is 2.81. The Bertz CT molecular complexity index is 379. The Hall–Kier alpha value is -0.780. The highest BCUT2D eigenvalue weighted by atomic mass is 14.8. The molecule has 0 heteroatoms. The highest BCUT2D eigenvalue weighted by Gasteiger charge is 2.74. The van der Waals surface area contributed by atoms with Crippen LogP contribution in [0.25, 0.3) is 0 Å². The van der Waals surface area contributed by atoms with Crippen LogP contribution >= 0.6 is 0 Å². The van der Waals surface area contributed by atoms with E-state index in [1.54, 1.807) is 11.1 Å². The molecule has 0 aromatic heterocycles. The van der Waals surface area contributed by atoms with Gasteiger partial charge in [-0.3, -0.25) is 0 Å². The third-order valence-corrected chi connectivity index (χ3v) is 4.50. The summed E-state index contributed by atoms with van der Waals surface area (Å²) < 4.78 is 0. The molecule has 0 aliphatic heterocycles. The fraction of sp³-hybridized carbons (Fsp3) is 0.500. The van der Waals surface area contributed by atoms with E-state index >= 15 is 0 Å². The molecule has 4 atom stereocenters. The van der Waals surface area contributed by atoms with Crippen LogP contribution in [0.1, 0.15) is 30.4 Å². The Balaban J connectivity index is 2.08. The van der Waals surface area contributed by atoms with Gasteiger partial charge in [0.1, 0.15) is 0 Å². The van der Waals surface area contributed by atoms with Crippen LogP contribution in [0.5, 0.6) is 0 Å². The molecule has 0 spiro atoms. The minimum Gasteiger partial charge on any atom is -0.0620 e. The lowest BCUT2D eigenvalue weighted by atomic mass is 9.65. The molecular weight excluding hydrogens is 144 g/mol. The van der Waals surface area contributed by atoms with Gasteiger partial charge in [-0.05, 0) is 40.7 Å². The predicted octanol–water partition coefficient (Wildman–Crippen LogP) is 2.69. The monoisotopic (exact) mass is 156 g/mol. The zero-order valence-corrected chi connectivity index (χ0v) is 7.25. The fourth-order valence-corrected chi connectivity index (χ4v) is 3.98. The summed E-state index contributed by atoms with van der Waals surface area (Å²) in [5, 5.41) is 0. The second kappa shape index (κ2) is 1.37. The molecule has 3 aliphatic rings. The largest absolute Gasteiger partial charge is 0.0620 e. The molecule has 0 amide bonds. The molecule has 60 valence electrons. The van der Waals surface area contributed by atoms with Crippen molar-refractivity contribution in [2.45, 2.75) is 24.7 Å². The quantitative estimate of drug-likeness (QED) is 0.541. The van der Waals surface area contributed by atoms with E-state index in [9.17, 15) is 0 Å². The van der Waals surface area contributed by atoms with Crippen molar-refractivity contribution in [2.75, 3.05) is 0 Å². The van der Waals surface area contributed by atoms with Crippen molar-refractivity contribution in [3.8, 4) is 0 Å². The zero-order chi connectivity index (χ0) is 7.92. The standard InChI is InChI=1S/C12H12/c1-12-6-8-10(11(8)12)7-4-2-3-5-9(7)12/h2-5,8,10-11H,6H2,1H3/t8-,10-,11-,12+/m1/s1. The molecule has 1 aromatic rings. The third-order valence-electron chi connectivity index (χ3n) is 4.50. The Labute approximate surface area is 72.6 Å². The van der Waals surface area contributed by atoms with Gasteiger partial charge in [-0.15, -0.1) is 0 Å². The number of hydrogen-bond donors (Lipinski definition) is 0. The van der Waals surface area contributed by atoms with Gasteiger partial charge in [-0.2, -0.15) is 0 Å². The zero-order valence-electron chi connectivity index (χ0n) is 7.25. The van der Waals surface area contributed by atoms with Gasteiger partial charge in [0.25, 0.3) is 0 Å². The fourth-order valence-electron chi connectivity index (χ4n) is 3.98. The van der Waals surface area contributed by atoms with Crippen LogP contribution in [0, 0.1) is 11.8 Å². The molecule has 2 saturated carbocycles. The van der Waals surface area contributed by atoms with Gasteiger partial charge in [0.05, 0.1) is 0 Å². The molecule has 0 bridgehead atoms. The van der Waals surface area contributed by atoms with Crippen LogP contribution in [-0.4, -0.2) is 0 Å². The molecule has 0 nitrogen and oxygen atoms in total. The first-order valence-corrected chi connectivity index (χ1v) is 4.92. The molecule has 1 aromatic carbocycles. The summed E-state index contributed by atoms with van der Waals surface area (Å²) in [6, 6.07) is 9.08. The number of hydrogen-bond acceptors (Lipinski definition) is 0. The molecule has 2 fully saturated rings. The third kappa shape index (κ3) is 0.367. The molecule has 3 aliphatic carbocycles. The predicted molar refractivity (Wildman–Crippen MR) is 48.1 cm³/mol. The average Bonchev–Trinajstić information content (AvgIpc) is 2.66. The highest BCUT2D eigenvalue weighted by molar-refractivity contribution is 5.55. The van der Waals surface area contributed by atoms with Gasteiger partial charge in [-0.1, -0.05) is 31.2 Å². The SMILES string of the molecule is C[C@]12C[C@@H]3[C@@H](c4ccccc41)[C@@H]32. The van der Waals surface area contributed by atoms with Crippen molar-refractivity contribution in [1.29, 1.82) is 0 Å². The minimum absolute atomic E-state index is 0.603. The van der Waals surface area contributed by atoms with Crippen LogP contribution in [-0.2, 0) is 5.41 Å². The summed E-state index contributed by atoms with van der Waals surface area (Å²) in [5.41, 5.74) is 3.95. The molecule has 0 radical (unpaired) electrons. The number of rotatable bonds is 0. The molecule has 0 unspecified atom stereocenters. The van der Waals surface area contributed by atoms with Crippen molar-refractivity contribution in [3.63, 3.8) is 0 Å². The van der Waals surface area contributed by atoms with Crippen LogP contribution in [0.2, 0.25) is 0 Å². The second-order valence-corrected chi connectivity index (χ2v) is 4.92.